The average molecular weight is 389 g/mol. The quantitative estimate of drug-likeness (QED) is 0.460. The van der Waals surface area contributed by atoms with E-state index in [1.54, 1.807) is 6.07 Å². The molecule has 0 fully saturated rings. The van der Waals surface area contributed by atoms with Gasteiger partial charge < -0.3 is 9.64 Å². The van der Waals surface area contributed by atoms with Crippen molar-refractivity contribution in [2.24, 2.45) is 0 Å². The van der Waals surface area contributed by atoms with E-state index in [0.717, 1.165) is 12.0 Å². The molecule has 140 valence electrons. The summed E-state index contributed by atoms with van der Waals surface area (Å²) in [5.41, 5.74) is 1.26. The third kappa shape index (κ3) is 5.52. The van der Waals surface area contributed by atoms with Crippen LogP contribution in [0.3, 0.4) is 0 Å². The van der Waals surface area contributed by atoms with Gasteiger partial charge in [-0.25, -0.2) is 0 Å². The molecule has 5 nitrogen and oxygen atoms in total. The maximum atomic E-state index is 12.2. The Labute approximate surface area is 153 Å². The number of nitro groups is 1. The first kappa shape index (κ1) is 19.8. The Morgan fingerprint density at radius 3 is 2.35 bits per heavy atom. The maximum Gasteiger partial charge on any atom is 0.573 e. The minimum absolute atomic E-state index is 0.108. The van der Waals surface area contributed by atoms with E-state index in [1.807, 2.05) is 11.8 Å². The molecule has 0 saturated heterocycles. The summed E-state index contributed by atoms with van der Waals surface area (Å²) in [5.74, 6) is -0.295. The number of nitrogens with zero attached hydrogens (tertiary/aromatic N) is 2. The monoisotopic (exact) mass is 388 g/mol. The van der Waals surface area contributed by atoms with Gasteiger partial charge in [-0.2, -0.15) is 0 Å². The molecule has 0 heterocycles. The fourth-order valence-corrected chi connectivity index (χ4v) is 2.73. The van der Waals surface area contributed by atoms with Crippen molar-refractivity contribution in [2.45, 2.75) is 26.3 Å². The smallest absolute Gasteiger partial charge is 0.406 e. The highest BCUT2D eigenvalue weighted by atomic mass is 35.5. The van der Waals surface area contributed by atoms with Crippen LogP contribution < -0.4 is 9.64 Å². The second kappa shape index (κ2) is 8.27. The van der Waals surface area contributed by atoms with Crippen molar-refractivity contribution in [1.29, 1.82) is 0 Å². The summed E-state index contributed by atoms with van der Waals surface area (Å²) in [5, 5.41) is 11.1. The van der Waals surface area contributed by atoms with Crippen molar-refractivity contribution < 1.29 is 22.8 Å². The Morgan fingerprint density at radius 2 is 1.85 bits per heavy atom. The molecule has 0 aliphatic heterocycles. The van der Waals surface area contributed by atoms with E-state index in [4.69, 9.17) is 11.6 Å². The fourth-order valence-electron chi connectivity index (χ4n) is 2.44. The van der Waals surface area contributed by atoms with Gasteiger partial charge in [-0.1, -0.05) is 30.7 Å². The van der Waals surface area contributed by atoms with E-state index in [0.29, 0.717) is 18.8 Å². The Balaban J connectivity index is 2.19. The number of alkyl halides is 3. The Bertz CT molecular complexity index is 767. The lowest BCUT2D eigenvalue weighted by Gasteiger charge is -2.25. The topological polar surface area (TPSA) is 55.6 Å². The first-order valence-corrected chi connectivity index (χ1v) is 8.11. The number of benzene rings is 2. The SMILES string of the molecule is CCCN(Cc1ccc(OC(F)(F)F)cc1)c1ccc([N+](=O)[O-])cc1Cl. The zero-order valence-electron chi connectivity index (χ0n) is 13.8. The van der Waals surface area contributed by atoms with E-state index in [1.165, 1.54) is 36.4 Å². The molecule has 0 spiro atoms. The van der Waals surface area contributed by atoms with Crippen molar-refractivity contribution in [2.75, 3.05) is 11.4 Å². The molecule has 0 saturated carbocycles. The molecule has 0 aromatic heterocycles. The van der Waals surface area contributed by atoms with E-state index in [9.17, 15) is 23.3 Å². The van der Waals surface area contributed by atoms with Crippen molar-refractivity contribution in [3.8, 4) is 5.75 Å². The van der Waals surface area contributed by atoms with Crippen LogP contribution in [0.4, 0.5) is 24.5 Å². The number of hydrogen-bond donors (Lipinski definition) is 0. The van der Waals surface area contributed by atoms with E-state index >= 15 is 0 Å². The molecule has 26 heavy (non-hydrogen) atoms. The number of nitro benzene ring substituents is 1. The molecule has 0 unspecified atom stereocenters. The molecule has 0 amide bonds. The lowest BCUT2D eigenvalue weighted by molar-refractivity contribution is -0.384. The normalized spacial score (nSPS) is 11.3. The minimum Gasteiger partial charge on any atom is -0.406 e. The number of non-ortho nitro benzene ring substituents is 1. The summed E-state index contributed by atoms with van der Waals surface area (Å²) in [6, 6.07) is 9.75. The predicted molar refractivity (Wildman–Crippen MR) is 92.6 cm³/mol. The van der Waals surface area contributed by atoms with Gasteiger partial charge in [0.05, 0.1) is 15.6 Å². The van der Waals surface area contributed by atoms with Crippen molar-refractivity contribution in [3.63, 3.8) is 0 Å². The standard InChI is InChI=1S/C17H16ClF3N2O3/c1-2-9-22(16-8-5-13(23(24)25)10-15(16)18)11-12-3-6-14(7-4-12)26-17(19,20)21/h3-8,10H,2,9,11H2,1H3. The van der Waals surface area contributed by atoms with Crippen LogP contribution in [-0.4, -0.2) is 17.8 Å². The maximum absolute atomic E-state index is 12.2. The summed E-state index contributed by atoms with van der Waals surface area (Å²) in [7, 11) is 0. The Morgan fingerprint density at radius 1 is 1.19 bits per heavy atom. The summed E-state index contributed by atoms with van der Waals surface area (Å²) in [6.45, 7) is 2.97. The lowest BCUT2D eigenvalue weighted by Crippen LogP contribution is -2.24. The molecular formula is C17H16ClF3N2O3. The third-order valence-electron chi connectivity index (χ3n) is 3.51. The van der Waals surface area contributed by atoms with Gasteiger partial charge in [-0.3, -0.25) is 10.1 Å². The molecule has 2 rings (SSSR count). The van der Waals surface area contributed by atoms with E-state index in [2.05, 4.69) is 4.74 Å². The molecule has 0 radical (unpaired) electrons. The zero-order valence-corrected chi connectivity index (χ0v) is 14.5. The molecule has 2 aromatic carbocycles. The number of halogens is 4. The number of hydrogen-bond acceptors (Lipinski definition) is 4. The van der Waals surface area contributed by atoms with Crippen LogP contribution in [0.5, 0.6) is 5.75 Å². The summed E-state index contributed by atoms with van der Waals surface area (Å²) in [6.07, 6.45) is -3.94. The van der Waals surface area contributed by atoms with Crippen LogP contribution in [0.15, 0.2) is 42.5 Å². The summed E-state index contributed by atoms with van der Waals surface area (Å²) >= 11 is 6.18. The first-order valence-electron chi connectivity index (χ1n) is 7.73. The minimum atomic E-state index is -4.73. The number of rotatable bonds is 7. The average Bonchev–Trinajstić information content (AvgIpc) is 2.54. The van der Waals surface area contributed by atoms with Gasteiger partial charge in [0.1, 0.15) is 5.75 Å². The van der Waals surface area contributed by atoms with Crippen LogP contribution in [0.25, 0.3) is 0 Å². The number of ether oxygens (including phenoxy) is 1. The van der Waals surface area contributed by atoms with Gasteiger partial charge in [-0.05, 0) is 30.2 Å². The molecule has 0 aliphatic carbocycles. The molecule has 0 bridgehead atoms. The summed E-state index contributed by atoms with van der Waals surface area (Å²) < 4.78 is 40.5. The largest absolute Gasteiger partial charge is 0.573 e. The molecule has 0 atom stereocenters. The van der Waals surface area contributed by atoms with Crippen molar-refractivity contribution in [3.05, 3.63) is 63.2 Å². The van der Waals surface area contributed by atoms with Gasteiger partial charge in [0.2, 0.25) is 0 Å². The highest BCUT2D eigenvalue weighted by Crippen LogP contribution is 2.31. The van der Waals surface area contributed by atoms with Crippen molar-refractivity contribution >= 4 is 23.0 Å². The van der Waals surface area contributed by atoms with Crippen LogP contribution in [0, 0.1) is 10.1 Å². The molecule has 0 N–H and O–H groups in total. The van der Waals surface area contributed by atoms with Gasteiger partial charge in [0, 0.05) is 25.2 Å². The number of anilines is 1. The molecule has 9 heteroatoms. The lowest BCUT2D eigenvalue weighted by atomic mass is 10.1. The van der Waals surface area contributed by atoms with E-state index < -0.39 is 11.3 Å². The molecule has 2 aromatic rings. The second-order valence-corrected chi connectivity index (χ2v) is 5.91. The van der Waals surface area contributed by atoms with E-state index in [-0.39, 0.29) is 16.5 Å². The van der Waals surface area contributed by atoms with Gasteiger partial charge >= 0.3 is 6.36 Å². The summed E-state index contributed by atoms with van der Waals surface area (Å²) in [4.78, 5) is 12.2. The highest BCUT2D eigenvalue weighted by molar-refractivity contribution is 6.33. The van der Waals surface area contributed by atoms with Gasteiger partial charge in [0.25, 0.3) is 5.69 Å². The first-order chi connectivity index (χ1) is 12.2. The third-order valence-corrected chi connectivity index (χ3v) is 3.81. The van der Waals surface area contributed by atoms with Crippen molar-refractivity contribution in [1.82, 2.24) is 0 Å². The second-order valence-electron chi connectivity index (χ2n) is 5.51. The van der Waals surface area contributed by atoms with Crippen LogP contribution in [-0.2, 0) is 6.54 Å². The Hall–Kier alpha value is -2.48. The van der Waals surface area contributed by atoms with Gasteiger partial charge in [0.15, 0.2) is 0 Å². The van der Waals surface area contributed by atoms with Crippen LogP contribution >= 0.6 is 11.6 Å². The zero-order chi connectivity index (χ0) is 19.3. The predicted octanol–water partition coefficient (Wildman–Crippen LogP) is 5.56. The highest BCUT2D eigenvalue weighted by Gasteiger charge is 2.31. The van der Waals surface area contributed by atoms with Crippen LogP contribution in [0.1, 0.15) is 18.9 Å². The molecular weight excluding hydrogens is 373 g/mol. The van der Waals surface area contributed by atoms with Crippen LogP contribution in [0.2, 0.25) is 5.02 Å². The Kier molecular flexibility index (Phi) is 6.31. The fraction of sp³-hybridized carbons (Fsp3) is 0.294. The van der Waals surface area contributed by atoms with Gasteiger partial charge in [-0.15, -0.1) is 13.2 Å². The molecule has 0 aliphatic rings.